The number of nitrogens with zero attached hydrogens (tertiary/aromatic N) is 2. The normalized spacial score (nSPS) is 20.2. The molecule has 1 fully saturated rings. The summed E-state index contributed by atoms with van der Waals surface area (Å²) in [7, 11) is -2.67. The molecule has 0 unspecified atom stereocenters. The van der Waals surface area contributed by atoms with Crippen molar-refractivity contribution in [1.29, 1.82) is 0 Å². The van der Waals surface area contributed by atoms with Crippen LogP contribution in [0, 0.1) is 6.92 Å². The Bertz CT molecular complexity index is 912. The van der Waals surface area contributed by atoms with E-state index in [1.54, 1.807) is 18.3 Å². The van der Waals surface area contributed by atoms with Gasteiger partial charge in [0, 0.05) is 18.2 Å². The molecule has 2 aromatic rings. The first kappa shape index (κ1) is 18.8. The van der Waals surface area contributed by atoms with E-state index >= 15 is 0 Å². The van der Waals surface area contributed by atoms with E-state index in [0.29, 0.717) is 18.2 Å². The first-order valence-electron chi connectivity index (χ1n) is 7.86. The lowest BCUT2D eigenvalue weighted by Crippen LogP contribution is -2.46. The van der Waals surface area contributed by atoms with Gasteiger partial charge in [0.15, 0.2) is 11.4 Å². The van der Waals surface area contributed by atoms with Gasteiger partial charge in [-0.05, 0) is 25.5 Å². The number of amides is 1. The van der Waals surface area contributed by atoms with E-state index in [9.17, 15) is 13.2 Å². The van der Waals surface area contributed by atoms with Gasteiger partial charge in [-0.3, -0.25) is 4.79 Å². The molecule has 3 rings (SSSR count). The van der Waals surface area contributed by atoms with Crippen molar-refractivity contribution < 1.29 is 22.7 Å². The minimum Gasteiger partial charge on any atom is -0.366 e. The van der Waals surface area contributed by atoms with E-state index in [2.05, 4.69) is 4.98 Å². The Morgan fingerprint density at radius 1 is 1.42 bits per heavy atom. The zero-order valence-corrected chi connectivity index (χ0v) is 15.9. The molecule has 26 heavy (non-hydrogen) atoms. The van der Waals surface area contributed by atoms with Gasteiger partial charge >= 0.3 is 0 Å². The van der Waals surface area contributed by atoms with Crippen LogP contribution in [0.1, 0.15) is 21.7 Å². The second-order valence-electron chi connectivity index (χ2n) is 5.75. The predicted octanol–water partition coefficient (Wildman–Crippen LogP) is 1.51. The number of methoxy groups -OCH3 is 1. The summed E-state index contributed by atoms with van der Waals surface area (Å²) in [5.74, 6) is -0.814. The maximum absolute atomic E-state index is 13.5. The molecule has 2 N–H and O–H groups in total. The van der Waals surface area contributed by atoms with Crippen molar-refractivity contribution in [1.82, 2.24) is 4.98 Å². The third-order valence-corrected chi connectivity index (χ3v) is 6.93. The van der Waals surface area contributed by atoms with Gasteiger partial charge in [-0.15, -0.1) is 11.3 Å². The Morgan fingerprint density at radius 3 is 2.77 bits per heavy atom. The number of aromatic nitrogens is 1. The van der Waals surface area contributed by atoms with Crippen LogP contribution in [0.3, 0.4) is 0 Å². The fraction of sp³-hybridized carbons (Fsp3) is 0.375. The van der Waals surface area contributed by atoms with Gasteiger partial charge in [0.2, 0.25) is 5.91 Å². The molecule has 10 heteroatoms. The molecule has 1 saturated heterocycles. The van der Waals surface area contributed by atoms with Crippen LogP contribution in [0.15, 0.2) is 35.4 Å². The summed E-state index contributed by atoms with van der Waals surface area (Å²) in [5.41, 5.74) is 5.31. The number of anilines is 1. The Kier molecular flexibility index (Phi) is 5.28. The summed E-state index contributed by atoms with van der Waals surface area (Å²) in [6, 6.07) is 5.26. The molecule has 0 aliphatic carbocycles. The van der Waals surface area contributed by atoms with Crippen molar-refractivity contribution >= 4 is 32.4 Å². The van der Waals surface area contributed by atoms with Crippen molar-refractivity contribution in [3.8, 4) is 0 Å². The topological polar surface area (TPSA) is 112 Å². The molecular formula is C16H19N3O5S2. The minimum atomic E-state index is -4.12. The number of carbonyl (C=O) groups excluding carboxylic acids is 1. The molecule has 0 spiro atoms. The van der Waals surface area contributed by atoms with Crippen molar-refractivity contribution in [2.75, 3.05) is 18.0 Å². The van der Waals surface area contributed by atoms with Crippen molar-refractivity contribution in [2.45, 2.75) is 30.6 Å². The van der Waals surface area contributed by atoms with Crippen molar-refractivity contribution in [2.24, 2.45) is 5.73 Å². The molecule has 8 nitrogen and oxygen atoms in total. The first-order valence-corrected chi connectivity index (χ1v) is 10.1. The number of benzene rings is 1. The highest BCUT2D eigenvalue weighted by atomic mass is 32.2. The van der Waals surface area contributed by atoms with E-state index < -0.39 is 28.3 Å². The Balaban J connectivity index is 2.17. The fourth-order valence-electron chi connectivity index (χ4n) is 2.87. The quantitative estimate of drug-likeness (QED) is 0.791. The standard InChI is InChI=1S/C16H19N3O5S2/c1-10-9-18-16(25-10)19(12-7-8-24-15(12)23-2)26(21,22)13-6-4-3-5-11(13)14(17)20/h3-6,9,12,15H,7-8H2,1-2H3,(H2,17,20)/t12-,15-/m0/s1. The summed E-state index contributed by atoms with van der Waals surface area (Å²) in [5, 5.41) is 0.291. The van der Waals surface area contributed by atoms with E-state index in [0.717, 1.165) is 4.88 Å². The average molecular weight is 397 g/mol. The maximum Gasteiger partial charge on any atom is 0.267 e. The largest absolute Gasteiger partial charge is 0.366 e. The van der Waals surface area contributed by atoms with Crippen LogP contribution in [-0.4, -0.2) is 45.4 Å². The van der Waals surface area contributed by atoms with Crippen LogP contribution >= 0.6 is 11.3 Å². The third kappa shape index (κ3) is 3.32. The van der Waals surface area contributed by atoms with Crippen LogP contribution < -0.4 is 10.0 Å². The minimum absolute atomic E-state index is 0.0707. The fourth-order valence-corrected chi connectivity index (χ4v) is 5.73. The summed E-state index contributed by atoms with van der Waals surface area (Å²) >= 11 is 1.24. The number of rotatable bonds is 6. The number of aryl methyl sites for hydroxylation is 1. The molecular weight excluding hydrogens is 378 g/mol. The summed E-state index contributed by atoms with van der Waals surface area (Å²) in [6.45, 7) is 2.19. The summed E-state index contributed by atoms with van der Waals surface area (Å²) in [4.78, 5) is 16.7. The van der Waals surface area contributed by atoms with Gasteiger partial charge < -0.3 is 15.2 Å². The zero-order valence-electron chi connectivity index (χ0n) is 14.3. The zero-order chi connectivity index (χ0) is 18.9. The summed E-state index contributed by atoms with van der Waals surface area (Å²) in [6.07, 6.45) is 1.31. The number of primary amides is 1. The van der Waals surface area contributed by atoms with E-state index in [4.69, 9.17) is 15.2 Å². The number of thiazole rings is 1. The van der Waals surface area contributed by atoms with E-state index in [-0.39, 0.29) is 10.5 Å². The lowest BCUT2D eigenvalue weighted by molar-refractivity contribution is -0.0940. The Hall–Kier alpha value is -2.01. The van der Waals surface area contributed by atoms with Crippen molar-refractivity contribution in [3.63, 3.8) is 0 Å². The number of hydrogen-bond acceptors (Lipinski definition) is 7. The van der Waals surface area contributed by atoms with Crippen molar-refractivity contribution in [3.05, 3.63) is 40.9 Å². The average Bonchev–Trinajstić information content (AvgIpc) is 3.24. The predicted molar refractivity (Wildman–Crippen MR) is 96.6 cm³/mol. The highest BCUT2D eigenvalue weighted by molar-refractivity contribution is 7.93. The molecule has 1 aliphatic rings. The summed E-state index contributed by atoms with van der Waals surface area (Å²) < 4.78 is 39.0. The number of ether oxygens (including phenoxy) is 2. The SMILES string of the molecule is CO[C@H]1OCC[C@@H]1N(c1ncc(C)s1)S(=O)(=O)c1ccccc1C(N)=O. The second kappa shape index (κ2) is 7.31. The molecule has 0 bridgehead atoms. The highest BCUT2D eigenvalue weighted by Crippen LogP contribution is 2.35. The van der Waals surface area contributed by atoms with Gasteiger partial charge in [-0.2, -0.15) is 0 Å². The molecule has 1 amide bonds. The first-order chi connectivity index (χ1) is 12.4. The van der Waals surface area contributed by atoms with Gasteiger partial charge in [-0.1, -0.05) is 12.1 Å². The van der Waals surface area contributed by atoms with Crippen LogP contribution in [0.2, 0.25) is 0 Å². The molecule has 1 aliphatic heterocycles. The smallest absolute Gasteiger partial charge is 0.267 e. The number of nitrogens with two attached hydrogens (primary N) is 1. The third-order valence-electron chi connectivity index (χ3n) is 4.03. The monoisotopic (exact) mass is 397 g/mol. The molecule has 140 valence electrons. The highest BCUT2D eigenvalue weighted by Gasteiger charge is 2.42. The van der Waals surface area contributed by atoms with Gasteiger partial charge in [0.05, 0.1) is 12.2 Å². The Labute approximate surface area is 155 Å². The molecule has 2 heterocycles. The van der Waals surface area contributed by atoms with E-state index in [1.165, 1.54) is 34.9 Å². The second-order valence-corrected chi connectivity index (χ2v) is 8.74. The van der Waals surface area contributed by atoms with Gasteiger partial charge in [-0.25, -0.2) is 17.7 Å². The van der Waals surface area contributed by atoms with Crippen LogP contribution in [0.4, 0.5) is 5.13 Å². The van der Waals surface area contributed by atoms with Gasteiger partial charge in [0.1, 0.15) is 10.9 Å². The number of sulfonamides is 1. The van der Waals surface area contributed by atoms with E-state index in [1.807, 2.05) is 6.92 Å². The molecule has 2 atom stereocenters. The number of carbonyl (C=O) groups is 1. The molecule has 1 aromatic heterocycles. The van der Waals surface area contributed by atoms with Gasteiger partial charge in [0.25, 0.3) is 10.0 Å². The Morgan fingerprint density at radius 2 is 2.15 bits per heavy atom. The maximum atomic E-state index is 13.5. The lowest BCUT2D eigenvalue weighted by Gasteiger charge is -2.30. The number of hydrogen-bond donors (Lipinski definition) is 1. The molecule has 1 aromatic carbocycles. The molecule has 0 radical (unpaired) electrons. The molecule has 0 saturated carbocycles. The van der Waals surface area contributed by atoms with Crippen LogP contribution in [0.5, 0.6) is 0 Å². The van der Waals surface area contributed by atoms with Crippen LogP contribution in [-0.2, 0) is 19.5 Å². The van der Waals surface area contributed by atoms with Crippen LogP contribution in [0.25, 0.3) is 0 Å². The lowest BCUT2D eigenvalue weighted by atomic mass is 10.2.